The van der Waals surface area contributed by atoms with Crippen LogP contribution in [-0.2, 0) is 0 Å². The van der Waals surface area contributed by atoms with E-state index >= 15 is 0 Å². The van der Waals surface area contributed by atoms with Crippen LogP contribution in [0.15, 0.2) is 60.7 Å². The molecular formula is C22H20N2O5. The molecule has 0 aromatic heterocycles. The van der Waals surface area contributed by atoms with E-state index in [1.54, 1.807) is 18.2 Å². The van der Waals surface area contributed by atoms with Crippen LogP contribution in [0.2, 0.25) is 0 Å². The zero-order chi connectivity index (χ0) is 20.2. The fourth-order valence-corrected chi connectivity index (χ4v) is 3.05. The fraction of sp³-hybridized carbons (Fsp3) is 0.136. The van der Waals surface area contributed by atoms with Crippen molar-refractivity contribution in [2.75, 3.05) is 31.6 Å². The molecule has 0 bridgehead atoms. The zero-order valence-corrected chi connectivity index (χ0v) is 16.0. The molecule has 0 aliphatic carbocycles. The molecule has 1 aliphatic rings. The molecule has 29 heavy (non-hydrogen) atoms. The Balaban J connectivity index is 1.47. The largest absolute Gasteiger partial charge is 0.496 e. The first kappa shape index (κ1) is 18.5. The number of ether oxygens (including phenoxy) is 4. The van der Waals surface area contributed by atoms with E-state index in [-0.39, 0.29) is 12.7 Å². The van der Waals surface area contributed by atoms with Crippen LogP contribution in [0, 0.1) is 0 Å². The molecule has 1 aliphatic heterocycles. The van der Waals surface area contributed by atoms with Crippen LogP contribution in [-0.4, -0.2) is 26.9 Å². The number of nitrogens with one attached hydrogen (secondary N) is 2. The second kappa shape index (κ2) is 8.02. The van der Waals surface area contributed by atoms with Crippen LogP contribution >= 0.6 is 0 Å². The van der Waals surface area contributed by atoms with Gasteiger partial charge in [0.15, 0.2) is 11.5 Å². The lowest BCUT2D eigenvalue weighted by molar-refractivity contribution is 0.102. The van der Waals surface area contributed by atoms with Crippen LogP contribution < -0.4 is 29.6 Å². The van der Waals surface area contributed by atoms with E-state index in [1.807, 2.05) is 42.5 Å². The average molecular weight is 392 g/mol. The molecule has 0 saturated carbocycles. The molecule has 4 rings (SSSR count). The fourth-order valence-electron chi connectivity index (χ4n) is 3.05. The third-order valence-electron chi connectivity index (χ3n) is 4.46. The number of carbonyl (C=O) groups is 1. The first-order valence-corrected chi connectivity index (χ1v) is 8.97. The third kappa shape index (κ3) is 3.89. The highest BCUT2D eigenvalue weighted by Gasteiger charge is 2.18. The SMILES string of the molecule is COc1cccc(OC)c1C(=O)Nc1ccc(Nc2ccc3c(c2)OCO3)cc1. The molecule has 0 saturated heterocycles. The number of benzene rings is 3. The van der Waals surface area contributed by atoms with E-state index in [2.05, 4.69) is 10.6 Å². The maximum atomic E-state index is 12.7. The molecule has 1 heterocycles. The smallest absolute Gasteiger partial charge is 0.263 e. The maximum absolute atomic E-state index is 12.7. The second-order valence-corrected chi connectivity index (χ2v) is 6.26. The monoisotopic (exact) mass is 392 g/mol. The molecule has 0 atom stereocenters. The molecule has 1 amide bonds. The van der Waals surface area contributed by atoms with Gasteiger partial charge in [-0.25, -0.2) is 0 Å². The van der Waals surface area contributed by atoms with Gasteiger partial charge >= 0.3 is 0 Å². The summed E-state index contributed by atoms with van der Waals surface area (Å²) in [4.78, 5) is 12.7. The van der Waals surface area contributed by atoms with Gasteiger partial charge in [-0.1, -0.05) is 6.07 Å². The molecule has 7 heteroatoms. The summed E-state index contributed by atoms with van der Waals surface area (Å²) in [6, 6.07) is 18.2. The lowest BCUT2D eigenvalue weighted by atomic mass is 10.1. The van der Waals surface area contributed by atoms with Crippen molar-refractivity contribution in [3.8, 4) is 23.0 Å². The maximum Gasteiger partial charge on any atom is 0.263 e. The minimum absolute atomic E-state index is 0.240. The van der Waals surface area contributed by atoms with Gasteiger partial charge in [-0.05, 0) is 48.5 Å². The van der Waals surface area contributed by atoms with Crippen molar-refractivity contribution in [2.24, 2.45) is 0 Å². The van der Waals surface area contributed by atoms with Crippen molar-refractivity contribution in [1.82, 2.24) is 0 Å². The standard InChI is InChI=1S/C22H20N2O5/c1-26-18-4-3-5-19(27-2)21(18)22(25)24-15-8-6-14(7-9-15)23-16-10-11-17-20(12-16)29-13-28-17/h3-12,23H,13H2,1-2H3,(H,24,25). The summed E-state index contributed by atoms with van der Waals surface area (Å²) >= 11 is 0. The van der Waals surface area contributed by atoms with E-state index in [0.717, 1.165) is 17.1 Å². The first-order valence-electron chi connectivity index (χ1n) is 8.97. The van der Waals surface area contributed by atoms with Gasteiger partial charge in [-0.15, -0.1) is 0 Å². The van der Waals surface area contributed by atoms with Crippen LogP contribution in [0.1, 0.15) is 10.4 Å². The van der Waals surface area contributed by atoms with Crippen molar-refractivity contribution < 1.29 is 23.7 Å². The number of fused-ring (bicyclic) bond motifs is 1. The molecule has 3 aromatic carbocycles. The molecule has 2 N–H and O–H groups in total. The Morgan fingerprint density at radius 3 is 2.14 bits per heavy atom. The minimum Gasteiger partial charge on any atom is -0.496 e. The highest BCUT2D eigenvalue weighted by Crippen LogP contribution is 2.35. The van der Waals surface area contributed by atoms with Gasteiger partial charge in [-0.3, -0.25) is 4.79 Å². The van der Waals surface area contributed by atoms with Crippen LogP contribution in [0.4, 0.5) is 17.1 Å². The van der Waals surface area contributed by atoms with Gasteiger partial charge in [-0.2, -0.15) is 0 Å². The topological polar surface area (TPSA) is 78.1 Å². The Bertz CT molecular complexity index is 1010. The van der Waals surface area contributed by atoms with Crippen molar-refractivity contribution in [2.45, 2.75) is 0 Å². The summed E-state index contributed by atoms with van der Waals surface area (Å²) in [6.45, 7) is 0.240. The highest BCUT2D eigenvalue weighted by molar-refractivity contribution is 6.08. The lowest BCUT2D eigenvalue weighted by Gasteiger charge is -2.13. The van der Waals surface area contributed by atoms with Gasteiger partial charge in [0, 0.05) is 23.1 Å². The van der Waals surface area contributed by atoms with Gasteiger partial charge in [0.2, 0.25) is 6.79 Å². The van der Waals surface area contributed by atoms with E-state index < -0.39 is 0 Å². The molecular weight excluding hydrogens is 372 g/mol. The predicted molar refractivity (Wildman–Crippen MR) is 110 cm³/mol. The first-order chi connectivity index (χ1) is 14.2. The van der Waals surface area contributed by atoms with Crippen molar-refractivity contribution in [3.63, 3.8) is 0 Å². The quantitative estimate of drug-likeness (QED) is 0.646. The lowest BCUT2D eigenvalue weighted by Crippen LogP contribution is -2.14. The Labute approximate surface area is 168 Å². The van der Waals surface area contributed by atoms with E-state index in [4.69, 9.17) is 18.9 Å². The van der Waals surface area contributed by atoms with Crippen LogP contribution in [0.25, 0.3) is 0 Å². The summed E-state index contributed by atoms with van der Waals surface area (Å²) in [5.41, 5.74) is 2.75. The molecule has 0 radical (unpaired) electrons. The van der Waals surface area contributed by atoms with E-state index in [1.165, 1.54) is 14.2 Å². The number of carbonyl (C=O) groups excluding carboxylic acids is 1. The highest BCUT2D eigenvalue weighted by atomic mass is 16.7. The molecule has 0 unspecified atom stereocenters. The average Bonchev–Trinajstić information content (AvgIpc) is 3.22. The summed E-state index contributed by atoms with van der Waals surface area (Å²) in [5, 5.41) is 6.16. The van der Waals surface area contributed by atoms with Crippen LogP contribution in [0.5, 0.6) is 23.0 Å². The molecule has 0 fully saturated rings. The number of methoxy groups -OCH3 is 2. The van der Waals surface area contributed by atoms with Crippen molar-refractivity contribution in [3.05, 3.63) is 66.2 Å². The molecule has 7 nitrogen and oxygen atoms in total. The van der Waals surface area contributed by atoms with Gasteiger partial charge in [0.25, 0.3) is 5.91 Å². The van der Waals surface area contributed by atoms with Crippen LogP contribution in [0.3, 0.4) is 0 Å². The Hall–Kier alpha value is -3.87. The summed E-state index contributed by atoms with van der Waals surface area (Å²) < 4.78 is 21.3. The van der Waals surface area contributed by atoms with E-state index in [0.29, 0.717) is 28.5 Å². The minimum atomic E-state index is -0.309. The van der Waals surface area contributed by atoms with Crippen molar-refractivity contribution in [1.29, 1.82) is 0 Å². The zero-order valence-electron chi connectivity index (χ0n) is 16.0. The summed E-state index contributed by atoms with van der Waals surface area (Å²) in [7, 11) is 3.03. The summed E-state index contributed by atoms with van der Waals surface area (Å²) in [5.74, 6) is 2.03. The summed E-state index contributed by atoms with van der Waals surface area (Å²) in [6.07, 6.45) is 0. The van der Waals surface area contributed by atoms with Gasteiger partial charge in [0.1, 0.15) is 17.1 Å². The second-order valence-electron chi connectivity index (χ2n) is 6.26. The van der Waals surface area contributed by atoms with Gasteiger partial charge in [0.05, 0.1) is 14.2 Å². The number of hydrogen-bond acceptors (Lipinski definition) is 6. The number of rotatable bonds is 6. The predicted octanol–water partition coefficient (Wildman–Crippen LogP) is 4.43. The molecule has 3 aromatic rings. The normalized spacial score (nSPS) is 11.7. The Morgan fingerprint density at radius 1 is 0.828 bits per heavy atom. The number of anilines is 3. The number of amides is 1. The molecule has 148 valence electrons. The Kier molecular flexibility index (Phi) is 5.11. The third-order valence-corrected chi connectivity index (χ3v) is 4.46. The Morgan fingerprint density at radius 2 is 1.45 bits per heavy atom. The van der Waals surface area contributed by atoms with Gasteiger partial charge < -0.3 is 29.6 Å². The van der Waals surface area contributed by atoms with E-state index in [9.17, 15) is 4.79 Å². The van der Waals surface area contributed by atoms with Crippen molar-refractivity contribution >= 4 is 23.0 Å². The number of hydrogen-bond donors (Lipinski definition) is 2. The molecule has 0 spiro atoms.